The van der Waals surface area contributed by atoms with Crippen molar-refractivity contribution in [2.75, 3.05) is 6.54 Å². The first-order chi connectivity index (χ1) is 9.42. The summed E-state index contributed by atoms with van der Waals surface area (Å²) in [5.74, 6) is 0.972. The molecule has 1 aromatic carbocycles. The van der Waals surface area contributed by atoms with E-state index in [0.717, 1.165) is 24.0 Å². The quantitative estimate of drug-likeness (QED) is 0.799. The Bertz CT molecular complexity index is 541. The van der Waals surface area contributed by atoms with Gasteiger partial charge in [0.1, 0.15) is 0 Å². The standard InChI is InChI=1S/C15H22ClNO2S/c1-12-3-4-13(2)17(10-12)20(18,19)11-15-7-5-14(9-16)6-8-15/h5-8,12-13H,3-4,9-11H2,1-2H3. The van der Waals surface area contributed by atoms with Crippen LogP contribution < -0.4 is 0 Å². The number of benzene rings is 1. The second kappa shape index (κ2) is 6.46. The van der Waals surface area contributed by atoms with Crippen LogP contribution in [0.15, 0.2) is 24.3 Å². The summed E-state index contributed by atoms with van der Waals surface area (Å²) in [5, 5.41) is 0. The number of hydrogen-bond donors (Lipinski definition) is 0. The predicted molar refractivity (Wildman–Crippen MR) is 83.2 cm³/mol. The number of hydrogen-bond acceptors (Lipinski definition) is 2. The maximum atomic E-state index is 12.6. The molecule has 1 saturated heterocycles. The first kappa shape index (κ1) is 15.8. The molecule has 5 heteroatoms. The van der Waals surface area contributed by atoms with Crippen molar-refractivity contribution in [3.05, 3.63) is 35.4 Å². The minimum Gasteiger partial charge on any atom is -0.212 e. The summed E-state index contributed by atoms with van der Waals surface area (Å²) in [5.41, 5.74) is 1.83. The van der Waals surface area contributed by atoms with Gasteiger partial charge in [0.15, 0.2) is 0 Å². The summed E-state index contributed by atoms with van der Waals surface area (Å²) >= 11 is 5.74. The van der Waals surface area contributed by atoms with Gasteiger partial charge in [-0.05, 0) is 36.8 Å². The van der Waals surface area contributed by atoms with E-state index in [9.17, 15) is 8.42 Å². The van der Waals surface area contributed by atoms with Gasteiger partial charge in [0, 0.05) is 18.5 Å². The molecule has 20 heavy (non-hydrogen) atoms. The molecule has 0 N–H and O–H groups in total. The Labute approximate surface area is 127 Å². The highest BCUT2D eigenvalue weighted by Gasteiger charge is 2.32. The Balaban J connectivity index is 2.13. The number of alkyl halides is 1. The minimum absolute atomic E-state index is 0.0760. The molecule has 0 amide bonds. The molecule has 0 saturated carbocycles. The SMILES string of the molecule is CC1CCC(C)N(S(=O)(=O)Cc2ccc(CCl)cc2)C1. The second-order valence-electron chi connectivity index (χ2n) is 5.81. The fourth-order valence-electron chi connectivity index (χ4n) is 2.65. The summed E-state index contributed by atoms with van der Waals surface area (Å²) in [6.45, 7) is 4.76. The van der Waals surface area contributed by atoms with Crippen LogP contribution in [0, 0.1) is 5.92 Å². The molecule has 1 heterocycles. The first-order valence-electron chi connectivity index (χ1n) is 7.05. The van der Waals surface area contributed by atoms with Crippen molar-refractivity contribution in [1.82, 2.24) is 4.31 Å². The smallest absolute Gasteiger partial charge is 0.212 e. The molecule has 2 rings (SSSR count). The van der Waals surface area contributed by atoms with Gasteiger partial charge in [0.2, 0.25) is 10.0 Å². The number of rotatable bonds is 4. The van der Waals surface area contributed by atoms with Gasteiger partial charge in [0.25, 0.3) is 0 Å². The minimum atomic E-state index is -3.24. The van der Waals surface area contributed by atoms with Crippen LogP contribution in [0.1, 0.15) is 37.8 Å². The maximum absolute atomic E-state index is 12.6. The zero-order valence-corrected chi connectivity index (χ0v) is 13.6. The zero-order chi connectivity index (χ0) is 14.8. The highest BCUT2D eigenvalue weighted by atomic mass is 35.5. The van der Waals surface area contributed by atoms with Crippen molar-refractivity contribution in [3.63, 3.8) is 0 Å². The Morgan fingerprint density at radius 2 is 1.75 bits per heavy atom. The van der Waals surface area contributed by atoms with Gasteiger partial charge in [-0.2, -0.15) is 4.31 Å². The molecule has 112 valence electrons. The average Bonchev–Trinajstić information content (AvgIpc) is 2.42. The van der Waals surface area contributed by atoms with Crippen LogP contribution >= 0.6 is 11.6 Å². The number of sulfonamides is 1. The van der Waals surface area contributed by atoms with E-state index in [-0.39, 0.29) is 11.8 Å². The van der Waals surface area contributed by atoms with Crippen LogP contribution in [0.25, 0.3) is 0 Å². The Kier molecular flexibility index (Phi) is 5.10. The van der Waals surface area contributed by atoms with Crippen molar-refractivity contribution in [3.8, 4) is 0 Å². The molecule has 0 radical (unpaired) electrons. The number of nitrogens with zero attached hydrogens (tertiary/aromatic N) is 1. The summed E-state index contributed by atoms with van der Waals surface area (Å²) < 4.78 is 26.8. The van der Waals surface area contributed by atoms with Gasteiger partial charge in [-0.1, -0.05) is 31.2 Å². The third-order valence-electron chi connectivity index (χ3n) is 3.94. The number of piperidine rings is 1. The molecule has 1 aromatic rings. The van der Waals surface area contributed by atoms with Gasteiger partial charge < -0.3 is 0 Å². The molecule has 2 atom stereocenters. The molecule has 1 aliphatic rings. The van der Waals surface area contributed by atoms with Crippen LogP contribution in [0.2, 0.25) is 0 Å². The van der Waals surface area contributed by atoms with Crippen LogP contribution in [0.5, 0.6) is 0 Å². The van der Waals surface area contributed by atoms with E-state index in [0.29, 0.717) is 18.3 Å². The van der Waals surface area contributed by atoms with Crippen molar-refractivity contribution >= 4 is 21.6 Å². The third kappa shape index (κ3) is 3.74. The van der Waals surface area contributed by atoms with E-state index < -0.39 is 10.0 Å². The lowest BCUT2D eigenvalue weighted by molar-refractivity contribution is 0.217. The van der Waals surface area contributed by atoms with E-state index in [4.69, 9.17) is 11.6 Å². The van der Waals surface area contributed by atoms with Crippen molar-refractivity contribution in [2.24, 2.45) is 5.92 Å². The fourth-order valence-corrected chi connectivity index (χ4v) is 4.75. The molecule has 0 bridgehead atoms. The molecule has 0 aliphatic carbocycles. The van der Waals surface area contributed by atoms with Gasteiger partial charge in [-0.3, -0.25) is 0 Å². The van der Waals surface area contributed by atoms with Crippen molar-refractivity contribution < 1.29 is 8.42 Å². The third-order valence-corrected chi connectivity index (χ3v) is 6.17. The largest absolute Gasteiger partial charge is 0.218 e. The second-order valence-corrected chi connectivity index (χ2v) is 8.00. The van der Waals surface area contributed by atoms with Gasteiger partial charge >= 0.3 is 0 Å². The highest BCUT2D eigenvalue weighted by molar-refractivity contribution is 7.88. The van der Waals surface area contributed by atoms with E-state index >= 15 is 0 Å². The highest BCUT2D eigenvalue weighted by Crippen LogP contribution is 2.26. The Hall–Kier alpha value is -0.580. The van der Waals surface area contributed by atoms with E-state index in [1.807, 2.05) is 31.2 Å². The Morgan fingerprint density at radius 1 is 1.15 bits per heavy atom. The lowest BCUT2D eigenvalue weighted by Crippen LogP contribution is -2.45. The molecule has 0 spiro atoms. The molecule has 3 nitrogen and oxygen atoms in total. The normalized spacial score (nSPS) is 24.8. The van der Waals surface area contributed by atoms with E-state index in [1.165, 1.54) is 0 Å². The topological polar surface area (TPSA) is 37.4 Å². The summed E-state index contributed by atoms with van der Waals surface area (Å²) in [7, 11) is -3.24. The van der Waals surface area contributed by atoms with Crippen LogP contribution in [0.4, 0.5) is 0 Å². The van der Waals surface area contributed by atoms with Crippen LogP contribution in [-0.2, 0) is 21.7 Å². The molecular weight excluding hydrogens is 294 g/mol. The van der Waals surface area contributed by atoms with Gasteiger partial charge in [-0.15, -0.1) is 11.6 Å². The summed E-state index contributed by atoms with van der Waals surface area (Å²) in [4.78, 5) is 0. The van der Waals surface area contributed by atoms with Crippen molar-refractivity contribution in [2.45, 2.75) is 44.4 Å². The molecule has 0 aromatic heterocycles. The van der Waals surface area contributed by atoms with Gasteiger partial charge in [-0.25, -0.2) is 8.42 Å². The lowest BCUT2D eigenvalue weighted by Gasteiger charge is -2.35. The monoisotopic (exact) mass is 315 g/mol. The predicted octanol–water partition coefficient (Wildman–Crippen LogP) is 3.38. The fraction of sp³-hybridized carbons (Fsp3) is 0.600. The summed E-state index contributed by atoms with van der Waals surface area (Å²) in [6.07, 6.45) is 2.06. The van der Waals surface area contributed by atoms with Crippen LogP contribution in [-0.4, -0.2) is 25.3 Å². The lowest BCUT2D eigenvalue weighted by atomic mass is 9.97. The first-order valence-corrected chi connectivity index (χ1v) is 9.20. The summed E-state index contributed by atoms with van der Waals surface area (Å²) in [6, 6.07) is 7.60. The zero-order valence-electron chi connectivity index (χ0n) is 12.0. The van der Waals surface area contributed by atoms with Crippen molar-refractivity contribution in [1.29, 1.82) is 0 Å². The Morgan fingerprint density at radius 3 is 2.35 bits per heavy atom. The molecular formula is C15H22ClNO2S. The van der Waals surface area contributed by atoms with Gasteiger partial charge in [0.05, 0.1) is 5.75 Å². The average molecular weight is 316 g/mol. The molecule has 1 aliphatic heterocycles. The molecule has 2 unspecified atom stereocenters. The van der Waals surface area contributed by atoms with E-state index in [1.54, 1.807) is 4.31 Å². The molecule has 1 fully saturated rings. The van der Waals surface area contributed by atoms with E-state index in [2.05, 4.69) is 6.92 Å². The van der Waals surface area contributed by atoms with Crippen LogP contribution in [0.3, 0.4) is 0 Å². The number of halogens is 1. The maximum Gasteiger partial charge on any atom is 0.218 e.